The summed E-state index contributed by atoms with van der Waals surface area (Å²) in [7, 11) is 0. The minimum Gasteiger partial charge on any atom is -0.209 e. The maximum Gasteiger partial charge on any atom is 0.194 e. The summed E-state index contributed by atoms with van der Waals surface area (Å²) >= 11 is 0. The summed E-state index contributed by atoms with van der Waals surface area (Å²) in [4.78, 5) is 0. The Bertz CT molecular complexity index is 1520. The smallest absolute Gasteiger partial charge is 0.194 e. The van der Waals surface area contributed by atoms with Crippen molar-refractivity contribution >= 4 is 18.0 Å². The molecule has 0 aliphatic carbocycles. The molecule has 198 valence electrons. The fraction of sp³-hybridized carbons (Fsp3) is 0.0909. The Kier molecular flexibility index (Phi) is 8.87. The summed E-state index contributed by atoms with van der Waals surface area (Å²) in [5.74, 6) is -6.71. The van der Waals surface area contributed by atoms with E-state index in [0.717, 1.165) is 28.8 Å². The minimum absolute atomic E-state index is 0.0118. The summed E-state index contributed by atoms with van der Waals surface area (Å²) in [6.07, 6.45) is 7.48. The van der Waals surface area contributed by atoms with E-state index in [1.807, 2.05) is 31.2 Å². The maximum atomic E-state index is 14.6. The number of hydrogen-bond acceptors (Lipinski definition) is 0. The Hall–Kier alpha value is -4.32. The predicted octanol–water partition coefficient (Wildman–Crippen LogP) is 10.7. The molecule has 4 aromatic rings. The van der Waals surface area contributed by atoms with Gasteiger partial charge in [0.05, 0.1) is 0 Å². The highest BCUT2D eigenvalue weighted by molar-refractivity contribution is 5.74. The molecule has 0 aliphatic rings. The van der Waals surface area contributed by atoms with Crippen molar-refractivity contribution in [2.24, 2.45) is 0 Å². The average molecular weight is 535 g/mol. The lowest BCUT2D eigenvalue weighted by Gasteiger charge is -2.07. The fourth-order valence-corrected chi connectivity index (χ4v) is 4.01. The number of halogens is 6. The Balaban J connectivity index is 1.45. The second kappa shape index (κ2) is 12.5. The number of hydrogen-bond donors (Lipinski definition) is 0. The Labute approximate surface area is 223 Å². The summed E-state index contributed by atoms with van der Waals surface area (Å²) in [6, 6.07) is 19.7. The van der Waals surface area contributed by atoms with Crippen molar-refractivity contribution in [2.45, 2.75) is 19.8 Å². The van der Waals surface area contributed by atoms with Crippen LogP contribution < -0.4 is 0 Å². The third-order valence-corrected chi connectivity index (χ3v) is 6.14. The van der Waals surface area contributed by atoms with E-state index in [1.165, 1.54) is 12.1 Å². The fourth-order valence-electron chi connectivity index (χ4n) is 4.01. The van der Waals surface area contributed by atoms with Crippen LogP contribution in [0.5, 0.6) is 0 Å². The van der Waals surface area contributed by atoms with Gasteiger partial charge in [0.15, 0.2) is 23.3 Å². The first-order valence-electron chi connectivity index (χ1n) is 12.3. The molecule has 0 aromatic heterocycles. The van der Waals surface area contributed by atoms with Gasteiger partial charge in [-0.15, -0.1) is 0 Å². The number of benzene rings is 4. The molecule has 0 spiro atoms. The molecule has 0 amide bonds. The maximum absolute atomic E-state index is 14.6. The molecule has 0 bridgehead atoms. The van der Waals surface area contributed by atoms with E-state index in [0.29, 0.717) is 12.0 Å². The van der Waals surface area contributed by atoms with Gasteiger partial charge in [0.25, 0.3) is 0 Å². The quantitative estimate of drug-likeness (QED) is 0.0913. The molecule has 0 atom stereocenters. The van der Waals surface area contributed by atoms with Crippen LogP contribution in [0, 0.1) is 23.3 Å². The molecule has 0 N–H and O–H groups in total. The van der Waals surface area contributed by atoms with Gasteiger partial charge in [-0.3, -0.25) is 0 Å². The van der Waals surface area contributed by atoms with E-state index in [4.69, 9.17) is 0 Å². The van der Waals surface area contributed by atoms with Gasteiger partial charge >= 0.3 is 0 Å². The van der Waals surface area contributed by atoms with Crippen LogP contribution in [0.25, 0.3) is 40.2 Å². The van der Waals surface area contributed by atoms with E-state index in [1.54, 1.807) is 54.6 Å². The van der Waals surface area contributed by atoms with Gasteiger partial charge in [-0.25, -0.2) is 26.3 Å². The Morgan fingerprint density at radius 1 is 0.641 bits per heavy atom. The lowest BCUT2D eigenvalue weighted by Crippen LogP contribution is -1.93. The van der Waals surface area contributed by atoms with Gasteiger partial charge in [-0.2, -0.15) is 0 Å². The topological polar surface area (TPSA) is 0 Å². The Morgan fingerprint density at radius 3 is 1.79 bits per heavy atom. The first-order valence-corrected chi connectivity index (χ1v) is 12.3. The van der Waals surface area contributed by atoms with Gasteiger partial charge in [-0.05, 0) is 59.4 Å². The van der Waals surface area contributed by atoms with Crippen molar-refractivity contribution in [3.8, 4) is 22.3 Å². The highest BCUT2D eigenvalue weighted by Crippen LogP contribution is 2.29. The van der Waals surface area contributed by atoms with Crippen LogP contribution in [0.4, 0.5) is 26.3 Å². The third kappa shape index (κ3) is 6.77. The molecule has 0 saturated carbocycles. The molecule has 0 heterocycles. The Morgan fingerprint density at radius 2 is 1.21 bits per heavy atom. The zero-order valence-corrected chi connectivity index (χ0v) is 21.0. The molecule has 0 unspecified atom stereocenters. The van der Waals surface area contributed by atoms with Crippen LogP contribution in [0.3, 0.4) is 0 Å². The largest absolute Gasteiger partial charge is 0.209 e. The third-order valence-electron chi connectivity index (χ3n) is 6.14. The van der Waals surface area contributed by atoms with Gasteiger partial charge in [0.2, 0.25) is 0 Å². The lowest BCUT2D eigenvalue weighted by atomic mass is 10.0. The molecule has 6 heteroatoms. The van der Waals surface area contributed by atoms with E-state index in [-0.39, 0.29) is 23.1 Å². The van der Waals surface area contributed by atoms with Crippen LogP contribution in [0.2, 0.25) is 0 Å². The lowest BCUT2D eigenvalue weighted by molar-refractivity contribution is 0.447. The molecule has 0 nitrogen and oxygen atoms in total. The minimum atomic E-state index is -1.60. The van der Waals surface area contributed by atoms with E-state index in [2.05, 4.69) is 0 Å². The monoisotopic (exact) mass is 534 g/mol. The van der Waals surface area contributed by atoms with Crippen LogP contribution >= 0.6 is 0 Å². The average Bonchev–Trinajstić information content (AvgIpc) is 2.94. The molecule has 0 saturated heterocycles. The van der Waals surface area contributed by atoms with E-state index >= 15 is 0 Å². The standard InChI is InChI=1S/C33H24F6/c1-2-3-4-5-28(34)32(38)25-15-13-24(14-16-25)23-11-8-21(9-12-23)6-7-22-10-17-27(29(35)18-22)26-19-30(36)33(39)31(37)20-26/h2-3,6-20H,4-5H2,1H3. The van der Waals surface area contributed by atoms with Crippen molar-refractivity contribution in [2.75, 3.05) is 0 Å². The second-order valence-corrected chi connectivity index (χ2v) is 8.85. The molecule has 4 rings (SSSR count). The molecule has 0 fully saturated rings. The zero-order valence-electron chi connectivity index (χ0n) is 21.0. The van der Waals surface area contributed by atoms with Crippen molar-refractivity contribution in [1.82, 2.24) is 0 Å². The van der Waals surface area contributed by atoms with Gasteiger partial charge in [0, 0.05) is 17.5 Å². The van der Waals surface area contributed by atoms with Crippen LogP contribution in [-0.2, 0) is 0 Å². The summed E-state index contributed by atoms with van der Waals surface area (Å²) in [5, 5.41) is 0. The van der Waals surface area contributed by atoms with Gasteiger partial charge < -0.3 is 0 Å². The van der Waals surface area contributed by atoms with Crippen molar-refractivity contribution in [3.05, 3.63) is 137 Å². The molecule has 0 radical (unpaired) electrons. The number of rotatable bonds is 8. The molecule has 39 heavy (non-hydrogen) atoms. The van der Waals surface area contributed by atoms with Gasteiger partial charge in [-0.1, -0.05) is 85.0 Å². The van der Waals surface area contributed by atoms with Crippen LogP contribution in [0.15, 0.2) is 96.8 Å². The van der Waals surface area contributed by atoms with Crippen LogP contribution in [0.1, 0.15) is 36.5 Å². The highest BCUT2D eigenvalue weighted by Gasteiger charge is 2.14. The summed E-state index contributed by atoms with van der Waals surface area (Å²) < 4.78 is 83.3. The molecular formula is C33H24F6. The van der Waals surface area contributed by atoms with Crippen molar-refractivity contribution < 1.29 is 26.3 Å². The van der Waals surface area contributed by atoms with Crippen molar-refractivity contribution in [3.63, 3.8) is 0 Å². The zero-order chi connectivity index (χ0) is 27.9. The number of allylic oxidation sites excluding steroid dienone is 3. The SMILES string of the molecule is CC=CCCC(F)=C(F)c1ccc(-c2ccc(C=Cc3ccc(-c4cc(F)c(F)c(F)c4)c(F)c3)cc2)cc1. The van der Waals surface area contributed by atoms with Crippen molar-refractivity contribution in [1.29, 1.82) is 0 Å². The highest BCUT2D eigenvalue weighted by atomic mass is 19.2. The normalized spacial score (nSPS) is 12.4. The molecule has 4 aromatic carbocycles. The first kappa shape index (κ1) is 27.7. The molecular weight excluding hydrogens is 510 g/mol. The second-order valence-electron chi connectivity index (χ2n) is 8.85. The predicted molar refractivity (Wildman–Crippen MR) is 146 cm³/mol. The van der Waals surface area contributed by atoms with E-state index in [9.17, 15) is 26.3 Å². The summed E-state index contributed by atoms with van der Waals surface area (Å²) in [5.41, 5.74) is 3.10. The molecule has 0 aliphatic heterocycles. The van der Waals surface area contributed by atoms with E-state index < -0.39 is 34.9 Å². The van der Waals surface area contributed by atoms with Crippen LogP contribution in [-0.4, -0.2) is 0 Å². The van der Waals surface area contributed by atoms with Gasteiger partial charge in [0.1, 0.15) is 11.6 Å². The first-order chi connectivity index (χ1) is 18.8. The summed E-state index contributed by atoms with van der Waals surface area (Å²) in [6.45, 7) is 1.83.